The largest absolute Gasteiger partial charge is 0.480 e. The minimum atomic E-state index is -1.29. The maximum absolute atomic E-state index is 13.4. The molecule has 3 aromatic rings. The van der Waals surface area contributed by atoms with Crippen LogP contribution >= 0.6 is 0 Å². The predicted molar refractivity (Wildman–Crippen MR) is 151 cm³/mol. The molecule has 3 N–H and O–H groups in total. The highest BCUT2D eigenvalue weighted by atomic mass is 16.6. The first-order valence-corrected chi connectivity index (χ1v) is 13.7. The predicted octanol–water partition coefficient (Wildman–Crippen LogP) is 4.10. The lowest BCUT2D eigenvalue weighted by Gasteiger charge is -2.31. The lowest BCUT2D eigenvalue weighted by atomic mass is 9.84. The molecule has 0 aromatic heterocycles. The number of ether oxygens (including phenoxy) is 3. The summed E-state index contributed by atoms with van der Waals surface area (Å²) in [4.78, 5) is 38.3. The van der Waals surface area contributed by atoms with Crippen molar-refractivity contribution in [3.63, 3.8) is 0 Å². The van der Waals surface area contributed by atoms with Gasteiger partial charge < -0.3 is 30.0 Å². The number of carbonyl (C=O) groups excluding carboxylic acids is 2. The maximum Gasteiger partial charge on any atom is 0.407 e. The first kappa shape index (κ1) is 28.3. The van der Waals surface area contributed by atoms with Gasteiger partial charge in [0.2, 0.25) is 5.91 Å². The Morgan fingerprint density at radius 1 is 0.976 bits per heavy atom. The fourth-order valence-corrected chi connectivity index (χ4v) is 5.46. The zero-order valence-electron chi connectivity index (χ0n) is 23.0. The molecule has 1 aliphatic carbocycles. The summed E-state index contributed by atoms with van der Waals surface area (Å²) in [6.07, 6.45) is -1.48. The van der Waals surface area contributed by atoms with E-state index < -0.39 is 41.6 Å². The van der Waals surface area contributed by atoms with Crippen molar-refractivity contribution in [2.45, 2.75) is 44.6 Å². The zero-order valence-corrected chi connectivity index (χ0v) is 23.0. The molecule has 9 nitrogen and oxygen atoms in total. The van der Waals surface area contributed by atoms with Gasteiger partial charge in [-0.05, 0) is 41.7 Å². The van der Waals surface area contributed by atoms with Crippen LogP contribution in [0.5, 0.6) is 0 Å². The first-order valence-electron chi connectivity index (χ1n) is 13.7. The van der Waals surface area contributed by atoms with E-state index in [4.69, 9.17) is 14.2 Å². The normalized spacial score (nSPS) is 20.9. The van der Waals surface area contributed by atoms with Gasteiger partial charge in [-0.25, -0.2) is 9.59 Å². The van der Waals surface area contributed by atoms with E-state index in [2.05, 4.69) is 22.8 Å². The molecule has 1 heterocycles. The van der Waals surface area contributed by atoms with Crippen molar-refractivity contribution < 1.29 is 33.7 Å². The molecule has 0 saturated carbocycles. The van der Waals surface area contributed by atoms with E-state index in [9.17, 15) is 19.5 Å². The minimum Gasteiger partial charge on any atom is -0.480 e. The highest BCUT2D eigenvalue weighted by molar-refractivity contribution is 5.89. The molecular formula is C32H34N2O7. The maximum atomic E-state index is 13.4. The Hall–Kier alpha value is -4.21. The topological polar surface area (TPSA) is 123 Å². The number of carbonyl (C=O) groups is 3. The third-order valence-electron chi connectivity index (χ3n) is 7.99. The van der Waals surface area contributed by atoms with E-state index in [0.717, 1.165) is 27.8 Å². The molecule has 1 fully saturated rings. The van der Waals surface area contributed by atoms with Gasteiger partial charge in [0.25, 0.3) is 0 Å². The number of benzene rings is 3. The van der Waals surface area contributed by atoms with Gasteiger partial charge in [0, 0.05) is 5.92 Å². The first-order chi connectivity index (χ1) is 19.8. The van der Waals surface area contributed by atoms with Crippen molar-refractivity contribution >= 4 is 18.0 Å². The van der Waals surface area contributed by atoms with Crippen molar-refractivity contribution in [1.82, 2.24) is 10.6 Å². The highest BCUT2D eigenvalue weighted by Gasteiger charge is 2.48. The second-order valence-electron chi connectivity index (χ2n) is 10.7. The Bertz CT molecular complexity index is 1370. The highest BCUT2D eigenvalue weighted by Crippen LogP contribution is 2.44. The van der Waals surface area contributed by atoms with E-state index in [-0.39, 0.29) is 32.3 Å². The average Bonchev–Trinajstić information content (AvgIpc) is 3.51. The number of aliphatic carboxylic acids is 1. The number of hydrogen-bond acceptors (Lipinski definition) is 6. The molecule has 214 valence electrons. The molecule has 3 aromatic carbocycles. The second kappa shape index (κ2) is 12.1. The molecule has 9 heteroatoms. The van der Waals surface area contributed by atoms with Crippen LogP contribution in [0, 0.1) is 5.41 Å². The number of rotatable bonds is 10. The number of fused-ring (bicyclic) bond motifs is 3. The van der Waals surface area contributed by atoms with Gasteiger partial charge in [0.05, 0.1) is 37.4 Å². The molecule has 0 spiro atoms. The quantitative estimate of drug-likeness (QED) is 0.342. The van der Waals surface area contributed by atoms with Gasteiger partial charge in [-0.3, -0.25) is 4.79 Å². The zero-order chi connectivity index (χ0) is 29.0. The van der Waals surface area contributed by atoms with E-state index in [1.807, 2.05) is 66.7 Å². The van der Waals surface area contributed by atoms with Crippen molar-refractivity contribution in [2.75, 3.05) is 19.8 Å². The number of alkyl carbamates (subject to hydrolysis) is 1. The smallest absolute Gasteiger partial charge is 0.407 e. The van der Waals surface area contributed by atoms with Crippen molar-refractivity contribution in [3.8, 4) is 11.1 Å². The van der Waals surface area contributed by atoms with Gasteiger partial charge in [-0.15, -0.1) is 0 Å². The van der Waals surface area contributed by atoms with Crippen molar-refractivity contribution in [3.05, 3.63) is 95.6 Å². The van der Waals surface area contributed by atoms with E-state index in [0.29, 0.717) is 0 Å². The summed E-state index contributed by atoms with van der Waals surface area (Å²) in [6, 6.07) is 23.5. The summed E-state index contributed by atoms with van der Waals surface area (Å²) in [5.41, 5.74) is 4.12. The fraction of sp³-hybridized carbons (Fsp3) is 0.344. The van der Waals surface area contributed by atoms with Crippen molar-refractivity contribution in [2.24, 2.45) is 5.41 Å². The summed E-state index contributed by atoms with van der Waals surface area (Å²) in [5.74, 6) is -1.87. The molecule has 1 aliphatic heterocycles. The summed E-state index contributed by atoms with van der Waals surface area (Å²) in [6.45, 7) is 3.67. The summed E-state index contributed by atoms with van der Waals surface area (Å²) >= 11 is 0. The van der Waals surface area contributed by atoms with Gasteiger partial charge in [0.1, 0.15) is 6.61 Å². The molecule has 2 aliphatic rings. The number of hydrogen-bond donors (Lipinski definition) is 3. The number of nitrogens with one attached hydrogen (secondary N) is 2. The molecular weight excluding hydrogens is 524 g/mol. The minimum absolute atomic E-state index is 0.0126. The summed E-state index contributed by atoms with van der Waals surface area (Å²) in [7, 11) is 0. The molecule has 2 amide bonds. The van der Waals surface area contributed by atoms with Crippen LogP contribution in [0.1, 0.15) is 36.5 Å². The Labute approximate surface area is 238 Å². The van der Waals surface area contributed by atoms with Crippen LogP contribution in [0.3, 0.4) is 0 Å². The lowest BCUT2D eigenvalue weighted by Crippen LogP contribution is -2.58. The van der Waals surface area contributed by atoms with Crippen LogP contribution in [-0.2, 0) is 30.4 Å². The van der Waals surface area contributed by atoms with E-state index in [1.54, 1.807) is 13.8 Å². The van der Waals surface area contributed by atoms with Crippen LogP contribution in [0.25, 0.3) is 11.1 Å². The molecule has 4 unspecified atom stereocenters. The lowest BCUT2D eigenvalue weighted by molar-refractivity contribution is -0.148. The van der Waals surface area contributed by atoms with Gasteiger partial charge in [-0.2, -0.15) is 0 Å². The molecule has 0 radical (unpaired) electrons. The molecule has 4 atom stereocenters. The van der Waals surface area contributed by atoms with Crippen molar-refractivity contribution in [1.29, 1.82) is 0 Å². The third kappa shape index (κ3) is 5.96. The SMILES string of the molecule is CC(OCc1ccccc1)C(NC(=O)C1(C)COCC1NC(=O)OCC1c2ccccc2-c2ccccc21)C(=O)O. The Balaban J connectivity index is 1.19. The van der Waals surface area contributed by atoms with Crippen LogP contribution in [0.15, 0.2) is 78.9 Å². The number of carboxylic acid groups (broad SMARTS) is 1. The van der Waals surface area contributed by atoms with Crippen LogP contribution in [0.4, 0.5) is 4.79 Å². The van der Waals surface area contributed by atoms with Gasteiger partial charge in [-0.1, -0.05) is 78.9 Å². The monoisotopic (exact) mass is 558 g/mol. The average molecular weight is 559 g/mol. The van der Waals surface area contributed by atoms with E-state index >= 15 is 0 Å². The second-order valence-corrected chi connectivity index (χ2v) is 10.7. The van der Waals surface area contributed by atoms with Crippen LogP contribution < -0.4 is 10.6 Å². The van der Waals surface area contributed by atoms with E-state index in [1.165, 1.54) is 0 Å². The van der Waals surface area contributed by atoms with Crippen LogP contribution in [-0.4, -0.2) is 61.1 Å². The van der Waals surface area contributed by atoms with Crippen LogP contribution in [0.2, 0.25) is 0 Å². The summed E-state index contributed by atoms with van der Waals surface area (Å²) < 4.78 is 17.0. The molecule has 41 heavy (non-hydrogen) atoms. The number of carboxylic acids is 1. The third-order valence-corrected chi connectivity index (χ3v) is 7.99. The fourth-order valence-electron chi connectivity index (χ4n) is 5.46. The van der Waals surface area contributed by atoms with Gasteiger partial charge >= 0.3 is 12.1 Å². The molecule has 1 saturated heterocycles. The summed E-state index contributed by atoms with van der Waals surface area (Å²) in [5, 5.41) is 15.2. The Kier molecular flexibility index (Phi) is 8.37. The molecule has 0 bridgehead atoms. The van der Waals surface area contributed by atoms with Gasteiger partial charge in [0.15, 0.2) is 6.04 Å². The Morgan fingerprint density at radius 2 is 1.59 bits per heavy atom. The molecule has 5 rings (SSSR count). The Morgan fingerprint density at radius 3 is 2.22 bits per heavy atom. The standard InChI is InChI=1S/C32H34N2O7/c1-20(40-16-21-10-4-3-5-11-21)28(29(35)36)34-30(37)32(2)19-39-18-27(32)33-31(38)41-17-26-24-14-8-6-12-22(24)23-13-7-9-15-25(23)26/h3-15,20,26-28H,16-19H2,1-2H3,(H,33,38)(H,34,37)(H,35,36). The number of amides is 2.